The van der Waals surface area contributed by atoms with Gasteiger partial charge in [-0.3, -0.25) is 14.5 Å². The van der Waals surface area contributed by atoms with Gasteiger partial charge in [0.2, 0.25) is 5.95 Å². The molecule has 0 bridgehead atoms. The van der Waals surface area contributed by atoms with E-state index in [0.29, 0.717) is 12.5 Å². The van der Waals surface area contributed by atoms with E-state index in [1.54, 1.807) is 12.4 Å². The van der Waals surface area contributed by atoms with E-state index < -0.39 is 5.91 Å². The number of amides is 1. The van der Waals surface area contributed by atoms with Gasteiger partial charge in [-0.15, -0.1) is 10.2 Å². The Balaban J connectivity index is 1.44. The number of rotatable bonds is 7. The minimum atomic E-state index is -0.720. The van der Waals surface area contributed by atoms with Crippen LogP contribution >= 0.6 is 0 Å². The third kappa shape index (κ3) is 4.50. The number of nitrogens with one attached hydrogen (secondary N) is 2. The quantitative estimate of drug-likeness (QED) is 0.325. The lowest BCUT2D eigenvalue weighted by atomic mass is 9.91. The largest absolute Gasteiger partial charge is 0.364 e. The summed E-state index contributed by atoms with van der Waals surface area (Å²) in [6.45, 7) is 0.581. The van der Waals surface area contributed by atoms with Crippen LogP contribution in [0.5, 0.6) is 0 Å². The number of benzene rings is 1. The van der Waals surface area contributed by atoms with E-state index in [4.69, 9.17) is 11.5 Å². The Hall–Kier alpha value is -4.12. The van der Waals surface area contributed by atoms with E-state index in [1.165, 1.54) is 0 Å². The number of aromatic nitrogens is 6. The molecule has 0 radical (unpaired) electrons. The Morgan fingerprint density at radius 2 is 2.00 bits per heavy atom. The Labute approximate surface area is 196 Å². The maximum atomic E-state index is 12.0. The molecule has 4 aromatic rings. The molecule has 1 fully saturated rings. The molecule has 1 aliphatic rings. The number of nitrogens with zero attached hydrogens (tertiary/aromatic N) is 6. The third-order valence-corrected chi connectivity index (χ3v) is 6.05. The summed E-state index contributed by atoms with van der Waals surface area (Å²) in [5.74, 6) is -0.195. The molecule has 3 heterocycles. The molecule has 11 heteroatoms. The lowest BCUT2D eigenvalue weighted by molar-refractivity contribution is 0.0995. The fourth-order valence-corrected chi connectivity index (χ4v) is 4.28. The van der Waals surface area contributed by atoms with E-state index >= 15 is 0 Å². The lowest BCUT2D eigenvalue weighted by Crippen LogP contribution is -2.43. The topological polar surface area (TPSA) is 163 Å². The molecule has 11 nitrogen and oxygen atoms in total. The van der Waals surface area contributed by atoms with Crippen LogP contribution in [-0.4, -0.2) is 47.9 Å². The Kier molecular flexibility index (Phi) is 6.00. The number of hydrogen-bond acceptors (Lipinski definition) is 9. The van der Waals surface area contributed by atoms with Crippen LogP contribution < -0.4 is 22.1 Å². The number of hydrogen-bond donors (Lipinski definition) is 4. The summed E-state index contributed by atoms with van der Waals surface area (Å²) in [6, 6.07) is 9.74. The summed E-state index contributed by atoms with van der Waals surface area (Å²) in [5.41, 5.74) is 14.4. The number of primary amides is 1. The number of carbonyl (C=O) groups is 1. The summed E-state index contributed by atoms with van der Waals surface area (Å²) in [4.78, 5) is 20.7. The average molecular weight is 459 g/mol. The second kappa shape index (κ2) is 9.40. The minimum Gasteiger partial charge on any atom is -0.364 e. The predicted molar refractivity (Wildman–Crippen MR) is 129 cm³/mol. The first-order valence-electron chi connectivity index (χ1n) is 11.3. The molecule has 6 N–H and O–H groups in total. The van der Waals surface area contributed by atoms with Gasteiger partial charge < -0.3 is 22.1 Å². The number of carbonyl (C=O) groups excluding carboxylic acids is 1. The first kappa shape index (κ1) is 21.7. The standard InChI is InChI=1S/C23H26N10O/c24-16-6-1-2-7-18(16)29-23-30-22(20(21(25)34)31-32-23)28-17-8-3-9-19-15(17)12-27-33(19)13-14-5-4-10-26-11-14/h3-5,8-12,16,18H,1-2,6-7,13,24H2,(H2,25,34)(H2,28,29,30,32)/t16-,18+/m0/s1. The van der Waals surface area contributed by atoms with Crippen LogP contribution in [0.3, 0.4) is 0 Å². The molecule has 2 atom stereocenters. The number of anilines is 3. The highest BCUT2D eigenvalue weighted by molar-refractivity contribution is 5.98. The third-order valence-electron chi connectivity index (χ3n) is 6.05. The highest BCUT2D eigenvalue weighted by atomic mass is 16.1. The Bertz CT molecular complexity index is 1310. The molecule has 1 saturated carbocycles. The summed E-state index contributed by atoms with van der Waals surface area (Å²) in [6.07, 6.45) is 9.41. The zero-order valence-corrected chi connectivity index (χ0v) is 18.6. The molecule has 34 heavy (non-hydrogen) atoms. The van der Waals surface area contributed by atoms with Crippen molar-refractivity contribution >= 4 is 34.3 Å². The van der Waals surface area contributed by atoms with E-state index in [9.17, 15) is 4.79 Å². The SMILES string of the molecule is NC(=O)c1nnc(N[C@@H]2CCCC[C@@H]2N)nc1Nc1cccc2c1cnn2Cc1cccnc1. The van der Waals surface area contributed by atoms with Gasteiger partial charge in [-0.1, -0.05) is 25.0 Å². The van der Waals surface area contributed by atoms with E-state index in [-0.39, 0.29) is 23.6 Å². The van der Waals surface area contributed by atoms with Crippen molar-refractivity contribution < 1.29 is 4.79 Å². The molecule has 0 saturated heterocycles. The predicted octanol–water partition coefficient (Wildman–Crippen LogP) is 2.19. The van der Waals surface area contributed by atoms with Gasteiger partial charge in [0.05, 0.1) is 23.9 Å². The zero-order chi connectivity index (χ0) is 23.5. The highest BCUT2D eigenvalue weighted by Gasteiger charge is 2.24. The minimum absolute atomic E-state index is 0.0176. The van der Waals surface area contributed by atoms with Crippen molar-refractivity contribution in [3.8, 4) is 0 Å². The summed E-state index contributed by atoms with van der Waals surface area (Å²) < 4.78 is 1.89. The van der Waals surface area contributed by atoms with Crippen molar-refractivity contribution in [2.24, 2.45) is 11.5 Å². The van der Waals surface area contributed by atoms with Crippen molar-refractivity contribution in [2.75, 3.05) is 10.6 Å². The molecule has 0 spiro atoms. The van der Waals surface area contributed by atoms with Crippen LogP contribution in [0.4, 0.5) is 17.5 Å². The van der Waals surface area contributed by atoms with E-state index in [0.717, 1.165) is 47.8 Å². The summed E-state index contributed by atoms with van der Waals surface area (Å²) >= 11 is 0. The maximum Gasteiger partial charge on any atom is 0.273 e. The highest BCUT2D eigenvalue weighted by Crippen LogP contribution is 2.28. The van der Waals surface area contributed by atoms with Crippen molar-refractivity contribution in [1.29, 1.82) is 0 Å². The van der Waals surface area contributed by atoms with Crippen molar-refractivity contribution in [3.05, 3.63) is 60.2 Å². The van der Waals surface area contributed by atoms with Crippen molar-refractivity contribution in [2.45, 2.75) is 44.3 Å². The molecule has 0 unspecified atom stereocenters. The second-order valence-electron chi connectivity index (χ2n) is 8.42. The Morgan fingerprint density at radius 1 is 1.12 bits per heavy atom. The first-order chi connectivity index (χ1) is 16.6. The van der Waals surface area contributed by atoms with Gasteiger partial charge in [0.25, 0.3) is 5.91 Å². The molecule has 174 valence electrons. The van der Waals surface area contributed by atoms with E-state index in [2.05, 4.69) is 35.9 Å². The lowest BCUT2D eigenvalue weighted by Gasteiger charge is -2.29. The van der Waals surface area contributed by atoms with Crippen LogP contribution in [0.15, 0.2) is 48.9 Å². The van der Waals surface area contributed by atoms with Crippen LogP contribution in [0.25, 0.3) is 10.9 Å². The molecular weight excluding hydrogens is 432 g/mol. The zero-order valence-electron chi connectivity index (χ0n) is 18.6. The molecule has 1 aliphatic carbocycles. The van der Waals surface area contributed by atoms with Gasteiger partial charge in [-0.2, -0.15) is 10.1 Å². The maximum absolute atomic E-state index is 12.0. The van der Waals surface area contributed by atoms with Gasteiger partial charge in [-0.05, 0) is 36.6 Å². The van der Waals surface area contributed by atoms with Crippen LogP contribution in [0, 0.1) is 0 Å². The molecule has 5 rings (SSSR count). The van der Waals surface area contributed by atoms with Gasteiger partial charge in [0.1, 0.15) is 0 Å². The van der Waals surface area contributed by atoms with Crippen LogP contribution in [0.1, 0.15) is 41.7 Å². The fraction of sp³-hybridized carbons (Fsp3) is 0.304. The normalized spacial score (nSPS) is 18.0. The summed E-state index contributed by atoms with van der Waals surface area (Å²) in [7, 11) is 0. The van der Waals surface area contributed by atoms with Crippen LogP contribution in [-0.2, 0) is 6.54 Å². The number of pyridine rings is 1. The second-order valence-corrected chi connectivity index (χ2v) is 8.42. The molecule has 0 aliphatic heterocycles. The summed E-state index contributed by atoms with van der Waals surface area (Å²) in [5, 5.41) is 20.0. The number of fused-ring (bicyclic) bond motifs is 1. The van der Waals surface area contributed by atoms with Gasteiger partial charge in [-0.25, -0.2) is 0 Å². The monoisotopic (exact) mass is 458 g/mol. The van der Waals surface area contributed by atoms with Gasteiger partial charge >= 0.3 is 0 Å². The first-order valence-corrected chi connectivity index (χ1v) is 11.3. The van der Waals surface area contributed by atoms with Crippen LogP contribution in [0.2, 0.25) is 0 Å². The fourth-order valence-electron chi connectivity index (χ4n) is 4.28. The Morgan fingerprint density at radius 3 is 2.79 bits per heavy atom. The van der Waals surface area contributed by atoms with Crippen molar-refractivity contribution in [3.63, 3.8) is 0 Å². The molecular formula is C23H26N10O. The molecule has 1 amide bonds. The van der Waals surface area contributed by atoms with Crippen molar-refractivity contribution in [1.82, 2.24) is 29.9 Å². The molecule has 3 aromatic heterocycles. The molecule has 1 aromatic carbocycles. The number of nitrogens with two attached hydrogens (primary N) is 2. The average Bonchev–Trinajstić information content (AvgIpc) is 3.25. The van der Waals surface area contributed by atoms with Gasteiger partial charge in [0, 0.05) is 29.9 Å². The smallest absolute Gasteiger partial charge is 0.273 e. The van der Waals surface area contributed by atoms with Gasteiger partial charge in [0.15, 0.2) is 11.5 Å². The van der Waals surface area contributed by atoms with E-state index in [1.807, 2.05) is 41.2 Å².